The molecule has 0 bridgehead atoms. The molecule has 1 aromatic rings. The van der Waals surface area contributed by atoms with E-state index >= 15 is 0 Å². The van der Waals surface area contributed by atoms with Crippen LogP contribution in [-0.2, 0) is 4.79 Å². The average molecular weight is 228 g/mol. The Morgan fingerprint density at radius 1 is 1.41 bits per heavy atom. The van der Waals surface area contributed by atoms with Gasteiger partial charge in [-0.05, 0) is 38.3 Å². The third kappa shape index (κ3) is 1.91. The number of hydrogen-bond acceptors (Lipinski definition) is 2. The molecule has 0 radical (unpaired) electrons. The molecule has 1 aromatic carbocycles. The monoisotopic (exact) mass is 228 g/mol. The Bertz CT molecular complexity index is 443. The standard InChI is InChI=1S/C14H16N2O/c1-2-16(12-7-4-3-5-8-12)13(17)14(11-15)9-6-10-14/h3-5,7-8H,2,6,9-10H2,1H3. The molecular formula is C14H16N2O. The zero-order chi connectivity index (χ0) is 12.3. The van der Waals surface area contributed by atoms with Crippen molar-refractivity contribution >= 4 is 11.6 Å². The SMILES string of the molecule is CCN(C(=O)C1(C#N)CCC1)c1ccccc1. The third-order valence-corrected chi connectivity index (χ3v) is 3.46. The van der Waals surface area contributed by atoms with Crippen LogP contribution >= 0.6 is 0 Å². The van der Waals surface area contributed by atoms with Crippen LogP contribution in [0, 0.1) is 16.7 Å². The summed E-state index contributed by atoms with van der Waals surface area (Å²) in [6.45, 7) is 2.54. The highest BCUT2D eigenvalue weighted by Crippen LogP contribution is 2.42. The molecule has 1 aliphatic carbocycles. The molecule has 3 nitrogen and oxygen atoms in total. The summed E-state index contributed by atoms with van der Waals surface area (Å²) in [4.78, 5) is 14.1. The van der Waals surface area contributed by atoms with Gasteiger partial charge in [-0.15, -0.1) is 0 Å². The number of carbonyl (C=O) groups is 1. The molecule has 1 aliphatic rings. The highest BCUT2D eigenvalue weighted by Gasteiger charge is 2.46. The normalized spacial score (nSPS) is 16.7. The summed E-state index contributed by atoms with van der Waals surface area (Å²) in [6.07, 6.45) is 2.38. The van der Waals surface area contributed by atoms with Gasteiger partial charge in [-0.2, -0.15) is 5.26 Å². The smallest absolute Gasteiger partial charge is 0.247 e. The van der Waals surface area contributed by atoms with Crippen molar-refractivity contribution in [1.29, 1.82) is 5.26 Å². The highest BCUT2D eigenvalue weighted by molar-refractivity contribution is 5.99. The number of nitriles is 1. The number of rotatable bonds is 3. The van der Waals surface area contributed by atoms with Crippen LogP contribution in [0.1, 0.15) is 26.2 Å². The lowest BCUT2D eigenvalue weighted by Gasteiger charge is -2.37. The van der Waals surface area contributed by atoms with Crippen LogP contribution in [0.4, 0.5) is 5.69 Å². The summed E-state index contributed by atoms with van der Waals surface area (Å²) in [5.74, 6) is -0.0417. The first-order valence-corrected chi connectivity index (χ1v) is 6.02. The van der Waals surface area contributed by atoms with E-state index < -0.39 is 5.41 Å². The van der Waals surface area contributed by atoms with Crippen molar-refractivity contribution in [2.75, 3.05) is 11.4 Å². The number of benzene rings is 1. The molecule has 0 saturated heterocycles. The van der Waals surface area contributed by atoms with Crippen molar-refractivity contribution < 1.29 is 4.79 Å². The van der Waals surface area contributed by atoms with E-state index in [9.17, 15) is 10.1 Å². The minimum absolute atomic E-state index is 0.0417. The highest BCUT2D eigenvalue weighted by atomic mass is 16.2. The maximum absolute atomic E-state index is 12.4. The Balaban J connectivity index is 2.26. The average Bonchev–Trinajstić information content (AvgIpc) is 2.31. The van der Waals surface area contributed by atoms with Gasteiger partial charge in [-0.25, -0.2) is 0 Å². The molecule has 0 atom stereocenters. The van der Waals surface area contributed by atoms with Crippen LogP contribution in [0.25, 0.3) is 0 Å². The van der Waals surface area contributed by atoms with Crippen molar-refractivity contribution in [3.8, 4) is 6.07 Å². The molecule has 1 fully saturated rings. The second kappa shape index (κ2) is 4.58. The minimum atomic E-state index is -0.758. The van der Waals surface area contributed by atoms with E-state index in [0.717, 1.165) is 12.1 Å². The number of nitrogens with zero attached hydrogens (tertiary/aromatic N) is 2. The fourth-order valence-electron chi connectivity index (χ4n) is 2.21. The summed E-state index contributed by atoms with van der Waals surface area (Å²) in [5.41, 5.74) is 0.118. The molecule has 1 amide bonds. The first-order valence-electron chi connectivity index (χ1n) is 6.02. The zero-order valence-corrected chi connectivity index (χ0v) is 10.0. The lowest BCUT2D eigenvalue weighted by molar-refractivity contribution is -0.128. The topological polar surface area (TPSA) is 44.1 Å². The van der Waals surface area contributed by atoms with E-state index in [1.165, 1.54) is 0 Å². The van der Waals surface area contributed by atoms with Crippen LogP contribution in [0.15, 0.2) is 30.3 Å². The predicted octanol–water partition coefficient (Wildman–Crippen LogP) is 2.73. The van der Waals surface area contributed by atoms with Gasteiger partial charge >= 0.3 is 0 Å². The van der Waals surface area contributed by atoms with Gasteiger partial charge in [0.2, 0.25) is 5.91 Å². The van der Waals surface area contributed by atoms with Crippen molar-refractivity contribution in [3.63, 3.8) is 0 Å². The Morgan fingerprint density at radius 3 is 2.47 bits per heavy atom. The van der Waals surface area contributed by atoms with Gasteiger partial charge in [0.1, 0.15) is 5.41 Å². The molecule has 0 aliphatic heterocycles. The van der Waals surface area contributed by atoms with Gasteiger partial charge in [0, 0.05) is 12.2 Å². The Kier molecular flexibility index (Phi) is 3.14. The lowest BCUT2D eigenvalue weighted by Crippen LogP contribution is -2.47. The van der Waals surface area contributed by atoms with Gasteiger partial charge in [-0.1, -0.05) is 18.2 Å². The molecule has 1 saturated carbocycles. The fraction of sp³-hybridized carbons (Fsp3) is 0.429. The molecule has 88 valence electrons. The quantitative estimate of drug-likeness (QED) is 0.798. The Labute approximate surface area is 102 Å². The summed E-state index contributed by atoms with van der Waals surface area (Å²) >= 11 is 0. The zero-order valence-electron chi connectivity index (χ0n) is 10.0. The van der Waals surface area contributed by atoms with Gasteiger partial charge in [-0.3, -0.25) is 4.79 Å². The van der Waals surface area contributed by atoms with Gasteiger partial charge in [0.15, 0.2) is 0 Å². The number of para-hydroxylation sites is 1. The molecule has 0 spiro atoms. The van der Waals surface area contributed by atoms with E-state index in [1.807, 2.05) is 37.3 Å². The van der Waals surface area contributed by atoms with Crippen molar-refractivity contribution in [3.05, 3.63) is 30.3 Å². The van der Waals surface area contributed by atoms with E-state index in [4.69, 9.17) is 0 Å². The Morgan fingerprint density at radius 2 is 2.06 bits per heavy atom. The predicted molar refractivity (Wildman–Crippen MR) is 66.4 cm³/mol. The van der Waals surface area contributed by atoms with Crippen molar-refractivity contribution in [1.82, 2.24) is 0 Å². The maximum atomic E-state index is 12.4. The molecule has 0 N–H and O–H groups in total. The fourth-order valence-corrected chi connectivity index (χ4v) is 2.21. The summed E-state index contributed by atoms with van der Waals surface area (Å²) in [6, 6.07) is 11.8. The first kappa shape index (κ1) is 11.7. The van der Waals surface area contributed by atoms with Crippen LogP contribution in [0.3, 0.4) is 0 Å². The van der Waals surface area contributed by atoms with E-state index in [-0.39, 0.29) is 5.91 Å². The van der Waals surface area contributed by atoms with Crippen LogP contribution in [0.2, 0.25) is 0 Å². The van der Waals surface area contributed by atoms with Gasteiger partial charge in [0.25, 0.3) is 0 Å². The molecule has 2 rings (SSSR count). The lowest BCUT2D eigenvalue weighted by atomic mass is 9.69. The molecule has 0 unspecified atom stereocenters. The van der Waals surface area contributed by atoms with Crippen LogP contribution in [-0.4, -0.2) is 12.5 Å². The molecular weight excluding hydrogens is 212 g/mol. The minimum Gasteiger partial charge on any atom is -0.311 e. The van der Waals surface area contributed by atoms with Crippen molar-refractivity contribution in [2.45, 2.75) is 26.2 Å². The molecule has 3 heteroatoms. The number of anilines is 1. The summed E-state index contributed by atoms with van der Waals surface area (Å²) < 4.78 is 0. The van der Waals surface area contributed by atoms with Crippen molar-refractivity contribution in [2.24, 2.45) is 5.41 Å². The first-order chi connectivity index (χ1) is 8.23. The van der Waals surface area contributed by atoms with E-state index in [0.29, 0.717) is 19.4 Å². The largest absolute Gasteiger partial charge is 0.311 e. The number of amides is 1. The summed E-state index contributed by atoms with van der Waals surface area (Å²) in [7, 11) is 0. The van der Waals surface area contributed by atoms with E-state index in [1.54, 1.807) is 4.90 Å². The second-order valence-electron chi connectivity index (χ2n) is 4.43. The molecule has 0 aromatic heterocycles. The third-order valence-electron chi connectivity index (χ3n) is 3.46. The number of hydrogen-bond donors (Lipinski definition) is 0. The van der Waals surface area contributed by atoms with Crippen LogP contribution < -0.4 is 4.90 Å². The molecule has 17 heavy (non-hydrogen) atoms. The second-order valence-corrected chi connectivity index (χ2v) is 4.43. The molecule has 0 heterocycles. The van der Waals surface area contributed by atoms with Gasteiger partial charge < -0.3 is 4.90 Å². The van der Waals surface area contributed by atoms with Crippen LogP contribution in [0.5, 0.6) is 0 Å². The number of carbonyl (C=O) groups excluding carboxylic acids is 1. The Hall–Kier alpha value is -1.82. The summed E-state index contributed by atoms with van der Waals surface area (Å²) in [5, 5.41) is 9.20. The van der Waals surface area contributed by atoms with E-state index in [2.05, 4.69) is 6.07 Å². The van der Waals surface area contributed by atoms with Gasteiger partial charge in [0.05, 0.1) is 6.07 Å². The maximum Gasteiger partial charge on any atom is 0.247 e.